The van der Waals surface area contributed by atoms with E-state index in [1.165, 1.54) is 11.1 Å². The maximum Gasteiger partial charge on any atom is 0.122 e. The van der Waals surface area contributed by atoms with E-state index in [9.17, 15) is 0 Å². The number of rotatable bonds is 5. The molecule has 1 aromatic rings. The van der Waals surface area contributed by atoms with Gasteiger partial charge in [-0.3, -0.25) is 0 Å². The average molecular weight is 235 g/mol. The van der Waals surface area contributed by atoms with Gasteiger partial charge in [0.1, 0.15) is 12.4 Å². The van der Waals surface area contributed by atoms with Crippen LogP contribution < -0.4 is 10.1 Å². The van der Waals surface area contributed by atoms with Crippen LogP contribution in [0.2, 0.25) is 0 Å². The monoisotopic (exact) mass is 235 g/mol. The van der Waals surface area contributed by atoms with Crippen LogP contribution in [0.5, 0.6) is 5.75 Å². The fourth-order valence-electron chi connectivity index (χ4n) is 1.69. The molecule has 0 atom stereocenters. The maximum atomic E-state index is 5.74. The second kappa shape index (κ2) is 6.06. The normalized spacial score (nSPS) is 11.6. The Kier molecular flexibility index (Phi) is 5.01. The molecule has 17 heavy (non-hydrogen) atoms. The van der Waals surface area contributed by atoms with E-state index in [4.69, 9.17) is 4.74 Å². The molecule has 0 fully saturated rings. The third kappa shape index (κ3) is 4.39. The van der Waals surface area contributed by atoms with E-state index >= 15 is 0 Å². The molecule has 0 radical (unpaired) electrons. The van der Waals surface area contributed by atoms with Gasteiger partial charge in [-0.15, -0.1) is 0 Å². The van der Waals surface area contributed by atoms with Gasteiger partial charge in [0.2, 0.25) is 0 Å². The Bertz CT molecular complexity index is 352. The summed E-state index contributed by atoms with van der Waals surface area (Å²) >= 11 is 0. The van der Waals surface area contributed by atoms with E-state index in [1.54, 1.807) is 0 Å². The number of aryl methyl sites for hydroxylation is 1. The average Bonchev–Trinajstić information content (AvgIpc) is 2.24. The third-order valence-corrected chi connectivity index (χ3v) is 2.83. The molecule has 1 rings (SSSR count). The molecule has 0 aromatic heterocycles. The number of benzene rings is 1. The molecule has 96 valence electrons. The van der Waals surface area contributed by atoms with Crippen molar-refractivity contribution in [3.63, 3.8) is 0 Å². The highest BCUT2D eigenvalue weighted by molar-refractivity contribution is 5.38. The smallest absolute Gasteiger partial charge is 0.122 e. The largest absolute Gasteiger partial charge is 0.492 e. The first-order valence-electron chi connectivity index (χ1n) is 6.40. The molecule has 0 spiro atoms. The lowest BCUT2D eigenvalue weighted by Gasteiger charge is -2.20. The van der Waals surface area contributed by atoms with Crippen LogP contribution in [-0.2, 0) is 5.41 Å². The molecule has 2 nitrogen and oxygen atoms in total. The Labute approximate surface area is 105 Å². The lowest BCUT2D eigenvalue weighted by Crippen LogP contribution is -2.20. The quantitative estimate of drug-likeness (QED) is 0.791. The highest BCUT2D eigenvalue weighted by Gasteiger charge is 2.14. The molecule has 0 aliphatic rings. The van der Waals surface area contributed by atoms with Crippen molar-refractivity contribution in [2.45, 2.75) is 40.0 Å². The summed E-state index contributed by atoms with van der Waals surface area (Å²) in [7, 11) is 0. The lowest BCUT2D eigenvalue weighted by atomic mass is 9.86. The van der Waals surface area contributed by atoms with Gasteiger partial charge < -0.3 is 10.1 Å². The van der Waals surface area contributed by atoms with Gasteiger partial charge in [-0.2, -0.15) is 0 Å². The molecule has 0 heterocycles. The molecule has 1 aromatic carbocycles. The van der Waals surface area contributed by atoms with E-state index in [0.29, 0.717) is 0 Å². The fourth-order valence-corrected chi connectivity index (χ4v) is 1.69. The molecule has 0 bridgehead atoms. The second-order valence-electron chi connectivity index (χ2n) is 5.43. The Morgan fingerprint density at radius 3 is 2.47 bits per heavy atom. The first-order chi connectivity index (χ1) is 7.95. The summed E-state index contributed by atoms with van der Waals surface area (Å²) in [5.41, 5.74) is 2.77. The Morgan fingerprint density at radius 2 is 1.94 bits per heavy atom. The zero-order valence-electron chi connectivity index (χ0n) is 11.8. The Morgan fingerprint density at radius 1 is 1.24 bits per heavy atom. The number of ether oxygens (including phenoxy) is 1. The molecular formula is C15H25NO. The van der Waals surface area contributed by atoms with Gasteiger partial charge in [0, 0.05) is 6.54 Å². The predicted molar refractivity (Wildman–Crippen MR) is 73.9 cm³/mol. The summed E-state index contributed by atoms with van der Waals surface area (Å²) in [6.45, 7) is 13.5. The summed E-state index contributed by atoms with van der Waals surface area (Å²) in [6.07, 6.45) is 0. The van der Waals surface area contributed by atoms with Crippen molar-refractivity contribution in [3.05, 3.63) is 29.3 Å². The predicted octanol–water partition coefficient (Wildman–Crippen LogP) is 3.28. The standard InChI is InChI=1S/C15H25NO/c1-6-16-9-10-17-14-8-7-13(11-12(14)2)15(3,4)5/h7-8,11,16H,6,9-10H2,1-5H3. The summed E-state index contributed by atoms with van der Waals surface area (Å²) < 4.78 is 5.74. The topological polar surface area (TPSA) is 21.3 Å². The van der Waals surface area contributed by atoms with Crippen LogP contribution in [0.15, 0.2) is 18.2 Å². The van der Waals surface area contributed by atoms with Crippen molar-refractivity contribution in [2.75, 3.05) is 19.7 Å². The molecule has 0 unspecified atom stereocenters. The summed E-state index contributed by atoms with van der Waals surface area (Å²) in [5, 5.41) is 3.25. The van der Waals surface area contributed by atoms with Gasteiger partial charge in [0.15, 0.2) is 0 Å². The van der Waals surface area contributed by atoms with E-state index in [0.717, 1.165) is 25.4 Å². The number of nitrogens with one attached hydrogen (secondary N) is 1. The zero-order chi connectivity index (χ0) is 12.9. The lowest BCUT2D eigenvalue weighted by molar-refractivity contribution is 0.313. The Balaban J connectivity index is 2.64. The highest BCUT2D eigenvalue weighted by Crippen LogP contribution is 2.27. The second-order valence-corrected chi connectivity index (χ2v) is 5.43. The minimum Gasteiger partial charge on any atom is -0.492 e. The number of hydrogen-bond acceptors (Lipinski definition) is 2. The van der Waals surface area contributed by atoms with Crippen molar-refractivity contribution in [1.82, 2.24) is 5.32 Å². The van der Waals surface area contributed by atoms with Crippen LogP contribution in [0.4, 0.5) is 0 Å². The van der Waals surface area contributed by atoms with Crippen molar-refractivity contribution in [3.8, 4) is 5.75 Å². The highest BCUT2D eigenvalue weighted by atomic mass is 16.5. The minimum atomic E-state index is 0.201. The van der Waals surface area contributed by atoms with Crippen molar-refractivity contribution < 1.29 is 4.74 Å². The Hall–Kier alpha value is -1.02. The van der Waals surface area contributed by atoms with Gasteiger partial charge in [-0.05, 0) is 36.1 Å². The first-order valence-corrected chi connectivity index (χ1v) is 6.40. The third-order valence-electron chi connectivity index (χ3n) is 2.83. The SMILES string of the molecule is CCNCCOc1ccc(C(C)(C)C)cc1C. The molecular weight excluding hydrogens is 210 g/mol. The van der Waals surface area contributed by atoms with Gasteiger partial charge in [0.25, 0.3) is 0 Å². The molecule has 0 saturated carbocycles. The van der Waals surface area contributed by atoms with Gasteiger partial charge in [0.05, 0.1) is 0 Å². The first kappa shape index (κ1) is 14.0. The van der Waals surface area contributed by atoms with E-state index in [1.807, 2.05) is 0 Å². The van der Waals surface area contributed by atoms with E-state index in [2.05, 4.69) is 58.1 Å². The number of likely N-dealkylation sites (N-methyl/N-ethyl adjacent to an activating group) is 1. The van der Waals surface area contributed by atoms with Crippen LogP contribution in [0.1, 0.15) is 38.8 Å². The van der Waals surface area contributed by atoms with Gasteiger partial charge >= 0.3 is 0 Å². The molecule has 0 aliphatic heterocycles. The van der Waals surface area contributed by atoms with Crippen molar-refractivity contribution in [2.24, 2.45) is 0 Å². The van der Waals surface area contributed by atoms with Gasteiger partial charge in [-0.25, -0.2) is 0 Å². The molecule has 0 saturated heterocycles. The fraction of sp³-hybridized carbons (Fsp3) is 0.600. The van der Waals surface area contributed by atoms with E-state index < -0.39 is 0 Å². The van der Waals surface area contributed by atoms with Gasteiger partial charge in [-0.1, -0.05) is 39.8 Å². The van der Waals surface area contributed by atoms with Crippen LogP contribution in [0.3, 0.4) is 0 Å². The van der Waals surface area contributed by atoms with Crippen molar-refractivity contribution in [1.29, 1.82) is 0 Å². The molecule has 0 amide bonds. The van der Waals surface area contributed by atoms with E-state index in [-0.39, 0.29) is 5.41 Å². The summed E-state index contributed by atoms with van der Waals surface area (Å²) in [6, 6.07) is 6.47. The van der Waals surface area contributed by atoms with Crippen molar-refractivity contribution >= 4 is 0 Å². The minimum absolute atomic E-state index is 0.201. The van der Waals surface area contributed by atoms with Crippen LogP contribution in [0.25, 0.3) is 0 Å². The molecule has 2 heteroatoms. The summed E-state index contributed by atoms with van der Waals surface area (Å²) in [5.74, 6) is 0.996. The van der Waals surface area contributed by atoms with Crippen LogP contribution in [-0.4, -0.2) is 19.7 Å². The molecule has 1 N–H and O–H groups in total. The zero-order valence-corrected chi connectivity index (χ0v) is 11.8. The maximum absolute atomic E-state index is 5.74. The summed E-state index contributed by atoms with van der Waals surface area (Å²) in [4.78, 5) is 0. The van der Waals surface area contributed by atoms with Crippen LogP contribution >= 0.6 is 0 Å². The molecule has 0 aliphatic carbocycles. The number of hydrogen-bond donors (Lipinski definition) is 1. The van der Waals surface area contributed by atoms with Crippen LogP contribution in [0, 0.1) is 6.92 Å².